The maximum absolute atomic E-state index is 13.3. The average Bonchev–Trinajstić information content (AvgIpc) is 2.26. The van der Waals surface area contributed by atoms with Gasteiger partial charge < -0.3 is 9.84 Å². The minimum atomic E-state index is -0.403. The smallest absolute Gasteiger partial charge is 0.225 e. The van der Waals surface area contributed by atoms with Gasteiger partial charge in [-0.15, -0.1) is 0 Å². The molecule has 0 spiro atoms. The second-order valence-corrected chi connectivity index (χ2v) is 5.15. The first kappa shape index (κ1) is 14.0. The van der Waals surface area contributed by atoms with E-state index >= 15 is 0 Å². The molecule has 0 saturated heterocycles. The number of benzene rings is 1. The van der Waals surface area contributed by atoms with Gasteiger partial charge in [-0.05, 0) is 37.6 Å². The van der Waals surface area contributed by atoms with E-state index in [1.165, 1.54) is 12.1 Å². The van der Waals surface area contributed by atoms with Crippen molar-refractivity contribution in [3.63, 3.8) is 0 Å². The van der Waals surface area contributed by atoms with E-state index in [1.807, 2.05) is 19.9 Å². The molecular formula is C14H13BrFNO2. The molecule has 0 unspecified atom stereocenters. The van der Waals surface area contributed by atoms with Crippen LogP contribution in [-0.4, -0.2) is 10.1 Å². The molecule has 0 radical (unpaired) electrons. The van der Waals surface area contributed by atoms with Crippen LogP contribution in [0.1, 0.15) is 16.8 Å². The number of rotatable bonds is 3. The van der Waals surface area contributed by atoms with E-state index in [9.17, 15) is 9.50 Å². The van der Waals surface area contributed by atoms with Gasteiger partial charge in [0, 0.05) is 21.8 Å². The van der Waals surface area contributed by atoms with Crippen LogP contribution in [0.15, 0.2) is 28.7 Å². The number of nitrogens with zero attached hydrogens (tertiary/aromatic N) is 1. The van der Waals surface area contributed by atoms with Gasteiger partial charge in [0.25, 0.3) is 0 Å². The maximum atomic E-state index is 13.3. The highest BCUT2D eigenvalue weighted by molar-refractivity contribution is 9.10. The number of ether oxygens (including phenoxy) is 1. The standard InChI is InChI=1S/C14H13BrFNO2/c1-8-3-9(2)17-14(13(8)7-18)19-12-5-10(15)4-11(16)6-12/h3-6,18H,7H2,1-2H3. The number of halogens is 2. The first-order valence-electron chi connectivity index (χ1n) is 5.71. The van der Waals surface area contributed by atoms with Crippen LogP contribution in [0.5, 0.6) is 11.6 Å². The van der Waals surface area contributed by atoms with Crippen LogP contribution in [0.3, 0.4) is 0 Å². The summed E-state index contributed by atoms with van der Waals surface area (Å²) >= 11 is 3.20. The second-order valence-electron chi connectivity index (χ2n) is 4.23. The van der Waals surface area contributed by atoms with Crippen molar-refractivity contribution in [3.8, 4) is 11.6 Å². The minimum Gasteiger partial charge on any atom is -0.438 e. The highest BCUT2D eigenvalue weighted by atomic mass is 79.9. The van der Waals surface area contributed by atoms with Gasteiger partial charge in [0.05, 0.1) is 6.61 Å². The van der Waals surface area contributed by atoms with Gasteiger partial charge in [0.15, 0.2) is 0 Å². The van der Waals surface area contributed by atoms with E-state index in [0.29, 0.717) is 21.7 Å². The Bertz CT molecular complexity index is 596. The molecular weight excluding hydrogens is 313 g/mol. The highest BCUT2D eigenvalue weighted by Crippen LogP contribution is 2.29. The molecule has 0 amide bonds. The molecule has 1 N–H and O–H groups in total. The first-order chi connectivity index (χ1) is 8.99. The fourth-order valence-corrected chi connectivity index (χ4v) is 2.25. The molecule has 0 saturated carbocycles. The van der Waals surface area contributed by atoms with Crippen molar-refractivity contribution in [3.05, 3.63) is 51.4 Å². The summed E-state index contributed by atoms with van der Waals surface area (Å²) in [6.45, 7) is 3.53. The Morgan fingerprint density at radius 1 is 1.26 bits per heavy atom. The van der Waals surface area contributed by atoms with Gasteiger partial charge >= 0.3 is 0 Å². The lowest BCUT2D eigenvalue weighted by molar-refractivity contribution is 0.274. The van der Waals surface area contributed by atoms with Crippen LogP contribution in [0, 0.1) is 19.7 Å². The number of hydrogen-bond acceptors (Lipinski definition) is 3. The zero-order chi connectivity index (χ0) is 14.0. The quantitative estimate of drug-likeness (QED) is 0.931. The first-order valence-corrected chi connectivity index (χ1v) is 6.51. The third-order valence-electron chi connectivity index (χ3n) is 2.65. The molecule has 2 rings (SSSR count). The third kappa shape index (κ3) is 3.30. The fourth-order valence-electron chi connectivity index (χ4n) is 1.80. The number of pyridine rings is 1. The molecule has 1 aromatic heterocycles. The predicted octanol–water partition coefficient (Wildman–Crippen LogP) is 3.88. The molecule has 100 valence electrons. The summed E-state index contributed by atoms with van der Waals surface area (Å²) in [6.07, 6.45) is 0. The molecule has 0 fully saturated rings. The number of hydrogen-bond donors (Lipinski definition) is 1. The zero-order valence-electron chi connectivity index (χ0n) is 10.6. The minimum absolute atomic E-state index is 0.176. The molecule has 5 heteroatoms. The number of aromatic nitrogens is 1. The van der Waals surface area contributed by atoms with Gasteiger partial charge in [-0.3, -0.25) is 0 Å². The summed E-state index contributed by atoms with van der Waals surface area (Å²) in [4.78, 5) is 4.24. The lowest BCUT2D eigenvalue weighted by atomic mass is 10.1. The van der Waals surface area contributed by atoms with E-state index in [2.05, 4.69) is 20.9 Å². The van der Waals surface area contributed by atoms with Crippen molar-refractivity contribution < 1.29 is 14.2 Å². The monoisotopic (exact) mass is 325 g/mol. The summed E-state index contributed by atoms with van der Waals surface area (Å²) in [5, 5.41) is 9.37. The predicted molar refractivity (Wildman–Crippen MR) is 73.8 cm³/mol. The van der Waals surface area contributed by atoms with E-state index in [0.717, 1.165) is 11.3 Å². The van der Waals surface area contributed by atoms with Gasteiger partial charge in [-0.25, -0.2) is 9.37 Å². The van der Waals surface area contributed by atoms with Crippen molar-refractivity contribution in [2.45, 2.75) is 20.5 Å². The van der Waals surface area contributed by atoms with Gasteiger partial charge in [0.1, 0.15) is 11.6 Å². The molecule has 19 heavy (non-hydrogen) atoms. The summed E-state index contributed by atoms with van der Waals surface area (Å²) < 4.78 is 19.5. The average molecular weight is 326 g/mol. The number of aliphatic hydroxyl groups is 1. The number of aliphatic hydroxyl groups excluding tert-OH is 1. The van der Waals surface area contributed by atoms with Crippen LogP contribution in [-0.2, 0) is 6.61 Å². The highest BCUT2D eigenvalue weighted by Gasteiger charge is 2.11. The maximum Gasteiger partial charge on any atom is 0.225 e. The van der Waals surface area contributed by atoms with Gasteiger partial charge in [-0.2, -0.15) is 0 Å². The molecule has 0 atom stereocenters. The Kier molecular flexibility index (Phi) is 4.17. The van der Waals surface area contributed by atoms with E-state index in [1.54, 1.807) is 6.07 Å². The molecule has 2 aromatic rings. The van der Waals surface area contributed by atoms with E-state index in [-0.39, 0.29) is 6.61 Å². The van der Waals surface area contributed by atoms with Crippen molar-refractivity contribution in [1.82, 2.24) is 4.98 Å². The van der Waals surface area contributed by atoms with E-state index < -0.39 is 5.82 Å². The van der Waals surface area contributed by atoms with Crippen LogP contribution in [0.4, 0.5) is 4.39 Å². The Morgan fingerprint density at radius 3 is 2.63 bits per heavy atom. The van der Waals surface area contributed by atoms with Gasteiger partial charge in [0.2, 0.25) is 5.88 Å². The molecule has 1 heterocycles. The van der Waals surface area contributed by atoms with Crippen molar-refractivity contribution >= 4 is 15.9 Å². The SMILES string of the molecule is Cc1cc(C)c(CO)c(Oc2cc(F)cc(Br)c2)n1. The van der Waals surface area contributed by atoms with Crippen molar-refractivity contribution in [2.75, 3.05) is 0 Å². The van der Waals surface area contributed by atoms with Crippen LogP contribution < -0.4 is 4.74 Å². The molecule has 0 bridgehead atoms. The lowest BCUT2D eigenvalue weighted by Crippen LogP contribution is -2.00. The number of aryl methyl sites for hydroxylation is 2. The Labute approximate surface area is 119 Å². The third-order valence-corrected chi connectivity index (χ3v) is 3.10. The largest absolute Gasteiger partial charge is 0.438 e. The van der Waals surface area contributed by atoms with E-state index in [4.69, 9.17) is 4.74 Å². The lowest BCUT2D eigenvalue weighted by Gasteiger charge is -2.12. The van der Waals surface area contributed by atoms with Gasteiger partial charge in [-0.1, -0.05) is 15.9 Å². The Balaban J connectivity index is 2.42. The molecule has 3 nitrogen and oxygen atoms in total. The van der Waals surface area contributed by atoms with Crippen LogP contribution >= 0.6 is 15.9 Å². The second kappa shape index (κ2) is 5.67. The Morgan fingerprint density at radius 2 is 2.00 bits per heavy atom. The topological polar surface area (TPSA) is 42.4 Å². The summed E-state index contributed by atoms with van der Waals surface area (Å²) in [5.74, 6) is 0.232. The van der Waals surface area contributed by atoms with Crippen LogP contribution in [0.2, 0.25) is 0 Å². The zero-order valence-corrected chi connectivity index (χ0v) is 12.2. The summed E-state index contributed by atoms with van der Waals surface area (Å²) in [7, 11) is 0. The van der Waals surface area contributed by atoms with Crippen molar-refractivity contribution in [1.29, 1.82) is 0 Å². The fraction of sp³-hybridized carbons (Fsp3) is 0.214. The van der Waals surface area contributed by atoms with Crippen molar-refractivity contribution in [2.24, 2.45) is 0 Å². The summed E-state index contributed by atoms with van der Waals surface area (Å²) in [6, 6.07) is 6.11. The molecule has 0 aliphatic carbocycles. The molecule has 1 aromatic carbocycles. The molecule has 0 aliphatic heterocycles. The normalized spacial score (nSPS) is 10.6. The molecule has 0 aliphatic rings. The Hall–Kier alpha value is -1.46. The van der Waals surface area contributed by atoms with Crippen LogP contribution in [0.25, 0.3) is 0 Å². The summed E-state index contributed by atoms with van der Waals surface area (Å²) in [5.41, 5.74) is 2.27.